The zero-order chi connectivity index (χ0) is 21.7. The van der Waals surface area contributed by atoms with Crippen LogP contribution in [-0.2, 0) is 13.0 Å². The first-order valence-corrected chi connectivity index (χ1v) is 10.9. The number of hydrogen-bond donors (Lipinski definition) is 0. The first kappa shape index (κ1) is 21.8. The molecule has 0 atom stereocenters. The number of ether oxygens (including phenoxy) is 2. The lowest BCUT2D eigenvalue weighted by Crippen LogP contribution is -2.17. The Bertz CT molecular complexity index is 1070. The van der Waals surface area contributed by atoms with Crippen LogP contribution in [0.1, 0.15) is 41.1 Å². The maximum absolute atomic E-state index is 13.0. The molecule has 3 rings (SSSR count). The van der Waals surface area contributed by atoms with Gasteiger partial charge in [0.25, 0.3) is 5.91 Å². The van der Waals surface area contributed by atoms with Gasteiger partial charge in [0.1, 0.15) is 11.5 Å². The second-order valence-electron chi connectivity index (χ2n) is 7.04. The normalized spacial score (nSPS) is 11.6. The van der Waals surface area contributed by atoms with E-state index in [1.807, 2.05) is 0 Å². The minimum absolute atomic E-state index is 0.311. The van der Waals surface area contributed by atoms with E-state index >= 15 is 0 Å². The molecule has 2 aromatic carbocycles. The fraction of sp³-hybridized carbons (Fsp3) is 0.333. The van der Waals surface area contributed by atoms with Crippen molar-refractivity contribution < 1.29 is 14.3 Å². The molecule has 1 heterocycles. The molecule has 1 amide bonds. The number of nitrogens with zero attached hydrogens (tertiary/aromatic N) is 2. The number of carbonyl (C=O) groups excluding carboxylic acids is 1. The average Bonchev–Trinajstić information content (AvgIpc) is 3.10. The highest BCUT2D eigenvalue weighted by Gasteiger charge is 2.16. The topological polar surface area (TPSA) is 52.8 Å². The Morgan fingerprint density at radius 3 is 2.20 bits per heavy atom. The first-order valence-electron chi connectivity index (χ1n) is 10.1. The lowest BCUT2D eigenvalue weighted by atomic mass is 10.1. The third kappa shape index (κ3) is 4.65. The number of aromatic nitrogens is 1. The molecule has 30 heavy (non-hydrogen) atoms. The van der Waals surface area contributed by atoms with Crippen molar-refractivity contribution in [1.82, 2.24) is 4.57 Å². The van der Waals surface area contributed by atoms with Crippen molar-refractivity contribution in [1.29, 1.82) is 0 Å². The van der Waals surface area contributed by atoms with E-state index in [2.05, 4.69) is 54.6 Å². The van der Waals surface area contributed by atoms with Gasteiger partial charge in [-0.2, -0.15) is 4.99 Å². The quantitative estimate of drug-likeness (QED) is 0.520. The largest absolute Gasteiger partial charge is 0.497 e. The molecule has 0 bridgehead atoms. The number of carbonyl (C=O) groups is 1. The minimum Gasteiger partial charge on any atom is -0.497 e. The molecule has 0 aliphatic heterocycles. The summed E-state index contributed by atoms with van der Waals surface area (Å²) in [6.07, 6.45) is 1.98. The number of rotatable bonds is 7. The summed E-state index contributed by atoms with van der Waals surface area (Å²) in [5.41, 5.74) is 3.97. The summed E-state index contributed by atoms with van der Waals surface area (Å²) in [5, 5.41) is 0. The zero-order valence-corrected chi connectivity index (χ0v) is 19.0. The molecule has 0 radical (unpaired) electrons. The molecule has 0 saturated carbocycles. The third-order valence-electron chi connectivity index (χ3n) is 4.89. The molecular weight excluding hydrogens is 396 g/mol. The van der Waals surface area contributed by atoms with Crippen LogP contribution in [0.5, 0.6) is 11.5 Å². The van der Waals surface area contributed by atoms with Crippen molar-refractivity contribution in [3.63, 3.8) is 0 Å². The number of benzene rings is 2. The summed E-state index contributed by atoms with van der Waals surface area (Å²) in [6, 6.07) is 13.6. The van der Waals surface area contributed by atoms with E-state index in [4.69, 9.17) is 9.47 Å². The summed E-state index contributed by atoms with van der Waals surface area (Å²) < 4.78 is 12.7. The van der Waals surface area contributed by atoms with Gasteiger partial charge in [-0.05, 0) is 38.0 Å². The summed E-state index contributed by atoms with van der Waals surface area (Å²) in [4.78, 5) is 19.4. The lowest BCUT2D eigenvalue weighted by Gasteiger charge is -2.09. The summed E-state index contributed by atoms with van der Waals surface area (Å²) in [7, 11) is 3.13. The highest BCUT2D eigenvalue weighted by Crippen LogP contribution is 2.28. The molecule has 0 saturated heterocycles. The molecule has 6 heteroatoms. The predicted molar refractivity (Wildman–Crippen MR) is 122 cm³/mol. The van der Waals surface area contributed by atoms with Gasteiger partial charge >= 0.3 is 0 Å². The Hall–Kier alpha value is -2.86. The van der Waals surface area contributed by atoms with Gasteiger partial charge in [-0.15, -0.1) is 11.3 Å². The molecule has 1 aromatic heterocycles. The monoisotopic (exact) mass is 424 g/mol. The molecule has 0 aliphatic rings. The number of aryl methyl sites for hydroxylation is 2. The van der Waals surface area contributed by atoms with Crippen molar-refractivity contribution in [2.75, 3.05) is 14.2 Å². The van der Waals surface area contributed by atoms with E-state index in [9.17, 15) is 4.79 Å². The maximum atomic E-state index is 13.0. The van der Waals surface area contributed by atoms with Gasteiger partial charge < -0.3 is 14.0 Å². The van der Waals surface area contributed by atoms with Crippen LogP contribution in [0.2, 0.25) is 0 Å². The van der Waals surface area contributed by atoms with Gasteiger partial charge in [0, 0.05) is 23.1 Å². The van der Waals surface area contributed by atoms with Gasteiger partial charge in [-0.25, -0.2) is 0 Å². The molecule has 0 unspecified atom stereocenters. The Labute approximate surface area is 181 Å². The maximum Gasteiger partial charge on any atom is 0.279 e. The standard InChI is InChI=1S/C24H28N2O3S/c1-6-8-21-22(17-11-9-16(3)10-12-17)26(7-2)24(30-21)25-23(27)18-13-19(28-4)15-20(14-18)29-5/h9-15H,6-8H2,1-5H3. The highest BCUT2D eigenvalue weighted by atomic mass is 32.1. The Morgan fingerprint density at radius 1 is 1.03 bits per heavy atom. The van der Waals surface area contributed by atoms with Gasteiger partial charge in [-0.3, -0.25) is 4.79 Å². The van der Waals surface area contributed by atoms with Crippen LogP contribution in [0.25, 0.3) is 11.3 Å². The van der Waals surface area contributed by atoms with E-state index in [1.54, 1.807) is 43.8 Å². The molecule has 0 aliphatic carbocycles. The van der Waals surface area contributed by atoms with Crippen LogP contribution in [-0.4, -0.2) is 24.7 Å². The SMILES string of the molecule is CCCc1sc(=NC(=O)c2cc(OC)cc(OC)c2)n(CC)c1-c1ccc(C)cc1. The first-order chi connectivity index (χ1) is 14.5. The van der Waals surface area contributed by atoms with Crippen molar-refractivity contribution in [2.45, 2.75) is 40.2 Å². The smallest absolute Gasteiger partial charge is 0.279 e. The van der Waals surface area contributed by atoms with E-state index < -0.39 is 0 Å². The molecule has 5 nitrogen and oxygen atoms in total. The van der Waals surface area contributed by atoms with Crippen molar-refractivity contribution >= 4 is 17.2 Å². The highest BCUT2D eigenvalue weighted by molar-refractivity contribution is 7.09. The summed E-state index contributed by atoms with van der Waals surface area (Å²) >= 11 is 1.59. The van der Waals surface area contributed by atoms with Crippen LogP contribution in [0.3, 0.4) is 0 Å². The predicted octanol–water partition coefficient (Wildman–Crippen LogP) is 5.26. The second-order valence-corrected chi connectivity index (χ2v) is 8.10. The molecule has 158 valence electrons. The number of amides is 1. The van der Waals surface area contributed by atoms with Crippen LogP contribution in [0.4, 0.5) is 0 Å². The van der Waals surface area contributed by atoms with Gasteiger partial charge in [-0.1, -0.05) is 43.2 Å². The van der Waals surface area contributed by atoms with Gasteiger partial charge in [0.05, 0.1) is 19.9 Å². The average molecular weight is 425 g/mol. The van der Waals surface area contributed by atoms with Crippen molar-refractivity contribution in [2.24, 2.45) is 4.99 Å². The molecule has 0 fully saturated rings. The number of thiazole rings is 1. The zero-order valence-electron chi connectivity index (χ0n) is 18.2. The van der Waals surface area contributed by atoms with E-state index in [-0.39, 0.29) is 5.91 Å². The fourth-order valence-corrected chi connectivity index (χ4v) is 4.65. The summed E-state index contributed by atoms with van der Waals surface area (Å²) in [6.45, 7) is 7.06. The van der Waals surface area contributed by atoms with Crippen LogP contribution in [0.15, 0.2) is 47.5 Å². The van der Waals surface area contributed by atoms with E-state index in [1.165, 1.54) is 10.4 Å². The second kappa shape index (κ2) is 9.76. The molecule has 3 aromatic rings. The summed E-state index contributed by atoms with van der Waals surface area (Å²) in [5.74, 6) is 0.818. The Balaban J connectivity index is 2.13. The minimum atomic E-state index is -0.311. The van der Waals surface area contributed by atoms with Crippen LogP contribution >= 0.6 is 11.3 Å². The van der Waals surface area contributed by atoms with Gasteiger partial charge in [0.2, 0.25) is 0 Å². The number of methoxy groups -OCH3 is 2. The van der Waals surface area contributed by atoms with Gasteiger partial charge in [0.15, 0.2) is 4.80 Å². The van der Waals surface area contributed by atoms with Crippen molar-refractivity contribution in [3.05, 3.63) is 63.3 Å². The van der Waals surface area contributed by atoms with E-state index in [0.717, 1.165) is 30.6 Å². The van der Waals surface area contributed by atoms with Crippen LogP contribution < -0.4 is 14.3 Å². The lowest BCUT2D eigenvalue weighted by molar-refractivity contribution is 0.0997. The third-order valence-corrected chi connectivity index (χ3v) is 6.03. The number of hydrogen-bond acceptors (Lipinski definition) is 4. The van der Waals surface area contributed by atoms with Crippen LogP contribution in [0, 0.1) is 6.92 Å². The fourth-order valence-electron chi connectivity index (χ4n) is 3.34. The Morgan fingerprint density at radius 2 is 1.67 bits per heavy atom. The van der Waals surface area contributed by atoms with E-state index in [0.29, 0.717) is 21.9 Å². The molecule has 0 N–H and O–H groups in total. The Kier molecular flexibility index (Phi) is 7.11. The molecule has 0 spiro atoms. The molecular formula is C24H28N2O3S. The van der Waals surface area contributed by atoms with Crippen molar-refractivity contribution in [3.8, 4) is 22.8 Å².